The summed E-state index contributed by atoms with van der Waals surface area (Å²) in [5.74, 6) is 0.121. The molecule has 0 aliphatic heterocycles. The Labute approximate surface area is 148 Å². The molecule has 0 aliphatic rings. The van der Waals surface area contributed by atoms with Gasteiger partial charge in [-0.1, -0.05) is 0 Å². The molecule has 0 saturated carbocycles. The lowest BCUT2D eigenvalue weighted by atomic mass is 10.1. The number of rotatable bonds is 6. The number of hydrogen-bond donors (Lipinski definition) is 1. The number of carboxylic acid groups (broad SMARTS) is 1. The highest BCUT2D eigenvalue weighted by atomic mass is 19.1. The number of aliphatic carboxylic acids is 1. The number of aromatic nitrogens is 1. The van der Waals surface area contributed by atoms with Gasteiger partial charge in [-0.05, 0) is 42.5 Å². The Hall–Kier alpha value is -3.35. The van der Waals surface area contributed by atoms with Crippen molar-refractivity contribution in [2.75, 3.05) is 14.2 Å². The van der Waals surface area contributed by atoms with E-state index in [0.29, 0.717) is 28.4 Å². The monoisotopic (exact) mass is 357 g/mol. The van der Waals surface area contributed by atoms with Gasteiger partial charge < -0.3 is 19.0 Å². The van der Waals surface area contributed by atoms with Crippen LogP contribution in [0.15, 0.2) is 46.9 Å². The van der Waals surface area contributed by atoms with Gasteiger partial charge >= 0.3 is 5.97 Å². The highest BCUT2D eigenvalue weighted by Crippen LogP contribution is 2.36. The van der Waals surface area contributed by atoms with Gasteiger partial charge in [0.15, 0.2) is 17.3 Å². The van der Waals surface area contributed by atoms with E-state index < -0.39 is 5.97 Å². The molecule has 2 aromatic carbocycles. The van der Waals surface area contributed by atoms with Crippen LogP contribution in [-0.4, -0.2) is 30.3 Å². The van der Waals surface area contributed by atoms with Gasteiger partial charge in [-0.2, -0.15) is 0 Å². The minimum absolute atomic E-state index is 0.214. The van der Waals surface area contributed by atoms with Crippen LogP contribution in [0.2, 0.25) is 0 Å². The summed E-state index contributed by atoms with van der Waals surface area (Å²) in [7, 11) is 3.03. The van der Waals surface area contributed by atoms with E-state index in [4.69, 9.17) is 19.0 Å². The fourth-order valence-electron chi connectivity index (χ4n) is 2.53. The molecule has 3 rings (SSSR count). The van der Waals surface area contributed by atoms with Crippen LogP contribution >= 0.6 is 0 Å². The summed E-state index contributed by atoms with van der Waals surface area (Å²) in [6.07, 6.45) is -0.311. The van der Waals surface area contributed by atoms with Crippen molar-refractivity contribution in [2.45, 2.75) is 6.42 Å². The molecular formula is C19H16FNO5. The molecule has 7 heteroatoms. The highest BCUT2D eigenvalue weighted by Gasteiger charge is 2.20. The van der Waals surface area contributed by atoms with E-state index in [2.05, 4.69) is 4.98 Å². The van der Waals surface area contributed by atoms with E-state index >= 15 is 0 Å². The van der Waals surface area contributed by atoms with Gasteiger partial charge in [0.25, 0.3) is 0 Å². The van der Waals surface area contributed by atoms with Crippen LogP contribution in [0.4, 0.5) is 4.39 Å². The van der Waals surface area contributed by atoms with Gasteiger partial charge in [0.1, 0.15) is 5.82 Å². The predicted molar refractivity (Wildman–Crippen MR) is 91.8 cm³/mol. The number of benzene rings is 2. The molecule has 0 saturated heterocycles. The summed E-state index contributed by atoms with van der Waals surface area (Å²) < 4.78 is 29.4. The third kappa shape index (κ3) is 3.51. The summed E-state index contributed by atoms with van der Waals surface area (Å²) >= 11 is 0. The van der Waals surface area contributed by atoms with Crippen LogP contribution in [0.5, 0.6) is 11.5 Å². The molecule has 0 spiro atoms. The summed E-state index contributed by atoms with van der Waals surface area (Å²) in [5.41, 5.74) is 1.41. The minimum Gasteiger partial charge on any atom is -0.493 e. The Morgan fingerprint density at radius 1 is 1.08 bits per heavy atom. The molecule has 0 atom stereocenters. The fraction of sp³-hybridized carbons (Fsp3) is 0.158. The molecule has 1 heterocycles. The van der Waals surface area contributed by atoms with Crippen LogP contribution < -0.4 is 9.47 Å². The number of carboxylic acids is 1. The molecule has 26 heavy (non-hydrogen) atoms. The zero-order valence-electron chi connectivity index (χ0n) is 14.2. The molecule has 134 valence electrons. The van der Waals surface area contributed by atoms with Crippen molar-refractivity contribution in [3.63, 3.8) is 0 Å². The topological polar surface area (TPSA) is 81.8 Å². The zero-order valence-corrected chi connectivity index (χ0v) is 14.2. The van der Waals surface area contributed by atoms with Crippen LogP contribution in [-0.2, 0) is 11.2 Å². The number of nitrogens with zero attached hydrogens (tertiary/aromatic N) is 1. The maximum atomic E-state index is 13.1. The van der Waals surface area contributed by atoms with Gasteiger partial charge in [0.05, 0.1) is 26.3 Å². The van der Waals surface area contributed by atoms with E-state index in [1.807, 2.05) is 0 Å². The summed E-state index contributed by atoms with van der Waals surface area (Å²) in [4.78, 5) is 15.5. The standard InChI is InChI=1S/C19H16FNO5/c1-24-15-8-5-12(9-16(15)25-2)18-14(10-17(22)23)21-19(26-18)11-3-6-13(20)7-4-11/h3-9H,10H2,1-2H3,(H,22,23). The molecule has 0 amide bonds. The summed E-state index contributed by atoms with van der Waals surface area (Å²) in [6, 6.07) is 10.7. The third-order valence-electron chi connectivity index (χ3n) is 3.75. The van der Waals surface area contributed by atoms with E-state index in [9.17, 15) is 9.18 Å². The second-order valence-corrected chi connectivity index (χ2v) is 5.44. The predicted octanol–water partition coefficient (Wildman–Crippen LogP) is 3.79. The van der Waals surface area contributed by atoms with Crippen LogP contribution in [0.1, 0.15) is 5.69 Å². The maximum absolute atomic E-state index is 13.1. The van der Waals surface area contributed by atoms with E-state index in [0.717, 1.165) is 0 Å². The smallest absolute Gasteiger partial charge is 0.309 e. The van der Waals surface area contributed by atoms with Crippen molar-refractivity contribution in [1.29, 1.82) is 0 Å². The average molecular weight is 357 g/mol. The Bertz CT molecular complexity index is 934. The number of carbonyl (C=O) groups is 1. The normalized spacial score (nSPS) is 10.6. The molecule has 6 nitrogen and oxygen atoms in total. The number of methoxy groups -OCH3 is 2. The van der Waals surface area contributed by atoms with Crippen LogP contribution in [0, 0.1) is 5.82 Å². The molecule has 1 aromatic heterocycles. The van der Waals surface area contributed by atoms with E-state index in [1.165, 1.54) is 38.5 Å². The average Bonchev–Trinajstić information content (AvgIpc) is 3.04. The Morgan fingerprint density at radius 2 is 1.73 bits per heavy atom. The molecule has 3 aromatic rings. The van der Waals surface area contributed by atoms with Gasteiger partial charge in [0, 0.05) is 11.1 Å². The van der Waals surface area contributed by atoms with Crippen molar-refractivity contribution in [2.24, 2.45) is 0 Å². The lowest BCUT2D eigenvalue weighted by Crippen LogP contribution is -2.02. The van der Waals surface area contributed by atoms with Crippen molar-refractivity contribution < 1.29 is 28.2 Å². The molecule has 0 bridgehead atoms. The first-order valence-corrected chi connectivity index (χ1v) is 7.71. The first-order chi connectivity index (χ1) is 12.5. The van der Waals surface area contributed by atoms with Gasteiger partial charge in [-0.25, -0.2) is 9.37 Å². The van der Waals surface area contributed by atoms with Crippen LogP contribution in [0.25, 0.3) is 22.8 Å². The Morgan fingerprint density at radius 3 is 2.35 bits per heavy atom. The minimum atomic E-state index is -1.04. The summed E-state index contributed by atoms with van der Waals surface area (Å²) in [5, 5.41) is 9.16. The van der Waals surface area contributed by atoms with Crippen LogP contribution in [0.3, 0.4) is 0 Å². The fourth-order valence-corrected chi connectivity index (χ4v) is 2.53. The molecule has 0 aliphatic carbocycles. The second kappa shape index (κ2) is 7.26. The van der Waals surface area contributed by atoms with Gasteiger partial charge in [-0.15, -0.1) is 0 Å². The zero-order chi connectivity index (χ0) is 18.7. The molecule has 1 N–H and O–H groups in total. The Balaban J connectivity index is 2.10. The van der Waals surface area contributed by atoms with Crippen molar-refractivity contribution in [3.8, 4) is 34.3 Å². The quantitative estimate of drug-likeness (QED) is 0.723. The Kier molecular flexibility index (Phi) is 4.88. The van der Waals surface area contributed by atoms with Gasteiger partial charge in [-0.3, -0.25) is 4.79 Å². The van der Waals surface area contributed by atoms with Gasteiger partial charge in [0.2, 0.25) is 5.89 Å². The lowest BCUT2D eigenvalue weighted by molar-refractivity contribution is -0.136. The lowest BCUT2D eigenvalue weighted by Gasteiger charge is -2.08. The molecule has 0 radical (unpaired) electrons. The van der Waals surface area contributed by atoms with E-state index in [1.54, 1.807) is 18.2 Å². The summed E-state index contributed by atoms with van der Waals surface area (Å²) in [6.45, 7) is 0. The molecular weight excluding hydrogens is 341 g/mol. The highest BCUT2D eigenvalue weighted by molar-refractivity contribution is 5.75. The number of ether oxygens (including phenoxy) is 2. The molecule has 0 unspecified atom stereocenters. The largest absolute Gasteiger partial charge is 0.493 e. The van der Waals surface area contributed by atoms with Crippen molar-refractivity contribution in [1.82, 2.24) is 4.98 Å². The third-order valence-corrected chi connectivity index (χ3v) is 3.75. The SMILES string of the molecule is COc1ccc(-c2oc(-c3ccc(F)cc3)nc2CC(=O)O)cc1OC. The number of halogens is 1. The number of oxazole rings is 1. The number of hydrogen-bond acceptors (Lipinski definition) is 5. The van der Waals surface area contributed by atoms with Crippen molar-refractivity contribution >= 4 is 5.97 Å². The first kappa shape index (κ1) is 17.5. The second-order valence-electron chi connectivity index (χ2n) is 5.44. The first-order valence-electron chi connectivity index (χ1n) is 7.71. The van der Waals surface area contributed by atoms with Crippen molar-refractivity contribution in [3.05, 3.63) is 54.0 Å². The van der Waals surface area contributed by atoms with E-state index in [-0.39, 0.29) is 23.8 Å². The molecule has 0 fully saturated rings. The maximum Gasteiger partial charge on any atom is 0.309 e.